The Hall–Kier alpha value is -2.35. The quantitative estimate of drug-likeness (QED) is 0.614. The predicted octanol–water partition coefficient (Wildman–Crippen LogP) is 0.977. The van der Waals surface area contributed by atoms with E-state index in [2.05, 4.69) is 16.6 Å². The molecule has 0 bridgehead atoms. The molecule has 1 N–H and O–H groups in total. The van der Waals surface area contributed by atoms with Crippen LogP contribution in [0.2, 0.25) is 0 Å². The van der Waals surface area contributed by atoms with Crippen molar-refractivity contribution in [3.8, 4) is 11.8 Å². The molecule has 0 aromatic heterocycles. The third-order valence-electron chi connectivity index (χ3n) is 1.87. The molecule has 0 atom stereocenters. The van der Waals surface area contributed by atoms with E-state index < -0.39 is 17.8 Å². The number of benzene rings is 1. The highest BCUT2D eigenvalue weighted by Gasteiger charge is 2.05. The Balaban J connectivity index is 2.92. The van der Waals surface area contributed by atoms with Gasteiger partial charge in [-0.25, -0.2) is 9.18 Å². The Morgan fingerprint density at radius 1 is 1.47 bits per heavy atom. The minimum absolute atomic E-state index is 0.0181. The highest BCUT2D eigenvalue weighted by Crippen LogP contribution is 2.10. The van der Waals surface area contributed by atoms with E-state index in [0.717, 1.165) is 6.07 Å². The Kier molecular flexibility index (Phi) is 4.23. The van der Waals surface area contributed by atoms with Crippen LogP contribution in [0.15, 0.2) is 18.2 Å². The molecule has 0 saturated carbocycles. The smallest absolute Gasteiger partial charge is 0.384 e. The monoisotopic (exact) mass is 236 g/mol. The second-order valence-corrected chi connectivity index (χ2v) is 3.13. The van der Waals surface area contributed by atoms with E-state index >= 15 is 0 Å². The van der Waals surface area contributed by atoms with Gasteiger partial charge in [-0.1, -0.05) is 12.0 Å². The van der Waals surface area contributed by atoms with Gasteiger partial charge in [0.05, 0.1) is 19.1 Å². The highest BCUT2D eigenvalue weighted by molar-refractivity contribution is 5.89. The molecule has 0 amide bonds. The Morgan fingerprint density at radius 3 is 2.71 bits per heavy atom. The molecule has 0 unspecified atom stereocenters. The van der Waals surface area contributed by atoms with Gasteiger partial charge in [0.1, 0.15) is 5.82 Å². The van der Waals surface area contributed by atoms with Gasteiger partial charge in [-0.15, -0.1) is 0 Å². The zero-order valence-electron chi connectivity index (χ0n) is 8.99. The van der Waals surface area contributed by atoms with E-state index in [4.69, 9.17) is 5.11 Å². The number of halogens is 1. The first-order valence-electron chi connectivity index (χ1n) is 4.63. The van der Waals surface area contributed by atoms with Crippen LogP contribution >= 0.6 is 0 Å². The number of carboxylic acids is 1. The molecule has 4 nitrogen and oxygen atoms in total. The number of hydrogen-bond acceptors (Lipinski definition) is 3. The number of ether oxygens (including phenoxy) is 1. The number of methoxy groups -OCH3 is 1. The third-order valence-corrected chi connectivity index (χ3v) is 1.87. The summed E-state index contributed by atoms with van der Waals surface area (Å²) < 4.78 is 17.7. The van der Waals surface area contributed by atoms with Crippen molar-refractivity contribution in [2.75, 3.05) is 7.11 Å². The van der Waals surface area contributed by atoms with Crippen molar-refractivity contribution in [3.63, 3.8) is 0 Å². The van der Waals surface area contributed by atoms with Crippen LogP contribution in [0.4, 0.5) is 4.39 Å². The van der Waals surface area contributed by atoms with Crippen LogP contribution in [-0.4, -0.2) is 24.2 Å². The number of hydrogen-bond donors (Lipinski definition) is 1. The van der Waals surface area contributed by atoms with Crippen molar-refractivity contribution >= 4 is 11.9 Å². The van der Waals surface area contributed by atoms with Crippen molar-refractivity contribution in [2.24, 2.45) is 0 Å². The van der Waals surface area contributed by atoms with Gasteiger partial charge in [-0.2, -0.15) is 0 Å². The predicted molar refractivity (Wildman–Crippen MR) is 56.6 cm³/mol. The number of carboxylic acid groups (broad SMARTS) is 1. The summed E-state index contributed by atoms with van der Waals surface area (Å²) >= 11 is 0. The fourth-order valence-corrected chi connectivity index (χ4v) is 1.11. The normalized spacial score (nSPS) is 9.06. The van der Waals surface area contributed by atoms with Crippen LogP contribution in [0.25, 0.3) is 0 Å². The van der Waals surface area contributed by atoms with Gasteiger partial charge in [0.25, 0.3) is 0 Å². The van der Waals surface area contributed by atoms with E-state index in [1.54, 1.807) is 0 Å². The number of rotatable bonds is 2. The number of carbonyl (C=O) groups is 2. The van der Waals surface area contributed by atoms with Gasteiger partial charge in [0.2, 0.25) is 0 Å². The lowest BCUT2D eigenvalue weighted by molar-refractivity contribution is -0.136. The van der Waals surface area contributed by atoms with E-state index in [0.29, 0.717) is 5.56 Å². The molecule has 1 aromatic carbocycles. The van der Waals surface area contributed by atoms with Crippen LogP contribution in [0.3, 0.4) is 0 Å². The summed E-state index contributed by atoms with van der Waals surface area (Å²) in [6, 6.07) is 3.84. The summed E-state index contributed by atoms with van der Waals surface area (Å²) in [6.07, 6.45) is -0.262. The maximum atomic E-state index is 13.4. The molecule has 5 heteroatoms. The fourth-order valence-electron chi connectivity index (χ4n) is 1.11. The van der Waals surface area contributed by atoms with E-state index in [1.807, 2.05) is 0 Å². The minimum atomic E-state index is -1.04. The summed E-state index contributed by atoms with van der Waals surface area (Å²) in [5.74, 6) is 1.90. The first-order chi connectivity index (χ1) is 8.02. The molecular formula is C12H9FO4. The number of carbonyl (C=O) groups excluding carboxylic acids is 1. The van der Waals surface area contributed by atoms with Gasteiger partial charge in [0, 0.05) is 5.92 Å². The maximum Gasteiger partial charge on any atom is 0.384 e. The van der Waals surface area contributed by atoms with Crippen LogP contribution in [-0.2, 0) is 20.7 Å². The molecule has 0 radical (unpaired) electrons. The van der Waals surface area contributed by atoms with Gasteiger partial charge in [-0.3, -0.25) is 4.79 Å². The van der Waals surface area contributed by atoms with Gasteiger partial charge in [0.15, 0.2) is 0 Å². The first kappa shape index (κ1) is 12.7. The Morgan fingerprint density at radius 2 is 2.18 bits per heavy atom. The molecule has 0 spiro atoms. The highest BCUT2D eigenvalue weighted by atomic mass is 19.1. The Labute approximate surface area is 97.0 Å². The zero-order chi connectivity index (χ0) is 12.8. The lowest BCUT2D eigenvalue weighted by Gasteiger charge is -1.99. The average Bonchev–Trinajstić information content (AvgIpc) is 2.26. The Bertz CT molecular complexity index is 511. The second-order valence-electron chi connectivity index (χ2n) is 3.13. The molecule has 0 heterocycles. The van der Waals surface area contributed by atoms with Gasteiger partial charge >= 0.3 is 11.9 Å². The summed E-state index contributed by atoms with van der Waals surface area (Å²) in [7, 11) is 1.17. The standard InChI is InChI=1S/C12H9FO4/c1-17-12(16)5-4-9-3-2-8(6-10(9)13)7-11(14)15/h2-3,6H,7H2,1H3,(H,14,15). The molecule has 88 valence electrons. The zero-order valence-corrected chi connectivity index (χ0v) is 8.99. The fraction of sp³-hybridized carbons (Fsp3) is 0.167. The molecular weight excluding hydrogens is 227 g/mol. The van der Waals surface area contributed by atoms with Crippen LogP contribution in [0.5, 0.6) is 0 Å². The molecule has 0 fully saturated rings. The molecule has 1 rings (SSSR count). The number of aliphatic carboxylic acids is 1. The SMILES string of the molecule is COC(=O)C#Cc1ccc(CC(=O)O)cc1F. The molecule has 0 aliphatic rings. The summed E-state index contributed by atoms with van der Waals surface area (Å²) in [5.41, 5.74) is 0.350. The van der Waals surface area contributed by atoms with Gasteiger partial charge < -0.3 is 9.84 Å². The average molecular weight is 236 g/mol. The molecule has 0 aliphatic carbocycles. The lowest BCUT2D eigenvalue weighted by Crippen LogP contribution is -2.01. The van der Waals surface area contributed by atoms with E-state index in [9.17, 15) is 14.0 Å². The topological polar surface area (TPSA) is 63.6 Å². The summed E-state index contributed by atoms with van der Waals surface area (Å²) in [5, 5.41) is 8.52. The number of esters is 1. The lowest BCUT2D eigenvalue weighted by atomic mass is 10.1. The van der Waals surface area contributed by atoms with Crippen molar-refractivity contribution in [1.82, 2.24) is 0 Å². The molecule has 0 saturated heterocycles. The van der Waals surface area contributed by atoms with Crippen molar-refractivity contribution in [1.29, 1.82) is 0 Å². The first-order valence-corrected chi connectivity index (χ1v) is 4.63. The molecule has 17 heavy (non-hydrogen) atoms. The summed E-state index contributed by atoms with van der Waals surface area (Å²) in [6.45, 7) is 0. The maximum absolute atomic E-state index is 13.4. The van der Waals surface area contributed by atoms with E-state index in [1.165, 1.54) is 19.2 Å². The van der Waals surface area contributed by atoms with Crippen molar-refractivity contribution in [3.05, 3.63) is 35.1 Å². The molecule has 0 aliphatic heterocycles. The minimum Gasteiger partial charge on any atom is -0.481 e. The summed E-state index contributed by atoms with van der Waals surface area (Å²) in [4.78, 5) is 21.1. The van der Waals surface area contributed by atoms with E-state index in [-0.39, 0.29) is 12.0 Å². The van der Waals surface area contributed by atoms with Crippen LogP contribution in [0.1, 0.15) is 11.1 Å². The van der Waals surface area contributed by atoms with Crippen LogP contribution < -0.4 is 0 Å². The van der Waals surface area contributed by atoms with Crippen molar-refractivity contribution in [2.45, 2.75) is 6.42 Å². The largest absolute Gasteiger partial charge is 0.481 e. The molecule has 1 aromatic rings. The van der Waals surface area contributed by atoms with Gasteiger partial charge in [-0.05, 0) is 17.7 Å². The second kappa shape index (κ2) is 5.66. The third kappa shape index (κ3) is 3.95. The van der Waals surface area contributed by atoms with Crippen LogP contribution in [0, 0.1) is 17.7 Å². The van der Waals surface area contributed by atoms with Crippen molar-refractivity contribution < 1.29 is 23.8 Å².